The van der Waals surface area contributed by atoms with Gasteiger partial charge in [-0.05, 0) is 28.8 Å². The lowest BCUT2D eigenvalue weighted by atomic mass is 9.99. The van der Waals surface area contributed by atoms with Gasteiger partial charge < -0.3 is 20.1 Å². The lowest BCUT2D eigenvalue weighted by Gasteiger charge is -2.25. The molecule has 5 nitrogen and oxygen atoms in total. The summed E-state index contributed by atoms with van der Waals surface area (Å²) in [5.74, 6) is 0.804. The van der Waals surface area contributed by atoms with E-state index in [2.05, 4.69) is 22.8 Å². The van der Waals surface area contributed by atoms with Crippen molar-refractivity contribution in [2.45, 2.75) is 25.7 Å². The molecule has 1 aliphatic heterocycles. The summed E-state index contributed by atoms with van der Waals surface area (Å²) in [6, 6.07) is 15.7. The number of fused-ring (bicyclic) bond motifs is 1. The van der Waals surface area contributed by atoms with Gasteiger partial charge in [0.05, 0.1) is 19.8 Å². The van der Waals surface area contributed by atoms with Gasteiger partial charge in [0.25, 0.3) is 0 Å². The summed E-state index contributed by atoms with van der Waals surface area (Å²) in [4.78, 5) is 11.9. The monoisotopic (exact) mass is 326 g/mol. The van der Waals surface area contributed by atoms with E-state index in [1.54, 1.807) is 7.11 Å². The van der Waals surface area contributed by atoms with E-state index in [1.807, 2.05) is 36.4 Å². The second kappa shape index (κ2) is 7.84. The van der Waals surface area contributed by atoms with Crippen LogP contribution in [0.15, 0.2) is 48.5 Å². The maximum atomic E-state index is 11.9. The molecule has 0 fully saturated rings. The normalized spacial score (nSPS) is 16.1. The average molecular weight is 326 g/mol. The zero-order valence-corrected chi connectivity index (χ0v) is 13.7. The van der Waals surface area contributed by atoms with Gasteiger partial charge in [0.1, 0.15) is 5.75 Å². The topological polar surface area (TPSA) is 59.6 Å². The van der Waals surface area contributed by atoms with Crippen LogP contribution >= 0.6 is 0 Å². The number of carbonyl (C=O) groups excluding carboxylic acids is 1. The zero-order chi connectivity index (χ0) is 16.8. The third-order valence-corrected chi connectivity index (χ3v) is 4.14. The molecule has 0 unspecified atom stereocenters. The molecule has 0 saturated carbocycles. The molecule has 1 heterocycles. The smallest absolute Gasteiger partial charge is 0.315 e. The highest BCUT2D eigenvalue weighted by Gasteiger charge is 2.19. The number of hydrogen-bond acceptors (Lipinski definition) is 3. The number of ether oxygens (including phenoxy) is 2. The van der Waals surface area contributed by atoms with Crippen molar-refractivity contribution in [3.05, 3.63) is 65.2 Å². The van der Waals surface area contributed by atoms with Gasteiger partial charge in [0.15, 0.2) is 0 Å². The fraction of sp³-hybridized carbons (Fsp3) is 0.316. The Hall–Kier alpha value is -2.53. The second-order valence-corrected chi connectivity index (χ2v) is 5.82. The predicted molar refractivity (Wildman–Crippen MR) is 92.0 cm³/mol. The first-order valence-electron chi connectivity index (χ1n) is 8.07. The van der Waals surface area contributed by atoms with Gasteiger partial charge in [-0.2, -0.15) is 0 Å². The minimum absolute atomic E-state index is 0.0200. The maximum absolute atomic E-state index is 11.9. The number of rotatable bonds is 5. The summed E-state index contributed by atoms with van der Waals surface area (Å²) in [5, 5.41) is 5.72. The van der Waals surface area contributed by atoms with E-state index in [9.17, 15) is 4.79 Å². The third-order valence-electron chi connectivity index (χ3n) is 4.14. The number of amides is 2. The molecule has 0 aromatic heterocycles. The first-order chi connectivity index (χ1) is 11.7. The molecule has 0 spiro atoms. The summed E-state index contributed by atoms with van der Waals surface area (Å²) < 4.78 is 10.9. The molecule has 3 rings (SSSR count). The predicted octanol–water partition coefficient (Wildman–Crippen LogP) is 2.64. The van der Waals surface area contributed by atoms with E-state index in [4.69, 9.17) is 9.47 Å². The SMILES string of the molecule is COc1ccc(CNC(=O)NC[C@@H]2Cc3ccccc3CO2)cc1. The fourth-order valence-electron chi connectivity index (χ4n) is 2.74. The van der Waals surface area contributed by atoms with Crippen LogP contribution in [0.2, 0.25) is 0 Å². The number of urea groups is 1. The average Bonchev–Trinajstić information content (AvgIpc) is 2.65. The van der Waals surface area contributed by atoms with Crippen molar-refractivity contribution in [3.8, 4) is 5.75 Å². The Balaban J connectivity index is 1.41. The van der Waals surface area contributed by atoms with Crippen LogP contribution in [0.25, 0.3) is 0 Å². The van der Waals surface area contributed by atoms with Gasteiger partial charge in [-0.25, -0.2) is 4.79 Å². The van der Waals surface area contributed by atoms with Gasteiger partial charge >= 0.3 is 6.03 Å². The number of carbonyl (C=O) groups is 1. The van der Waals surface area contributed by atoms with Gasteiger partial charge in [0, 0.05) is 19.5 Å². The Morgan fingerprint density at radius 1 is 1.12 bits per heavy atom. The number of nitrogens with one attached hydrogen (secondary N) is 2. The minimum Gasteiger partial charge on any atom is -0.497 e. The van der Waals surface area contributed by atoms with Gasteiger partial charge in [-0.3, -0.25) is 0 Å². The summed E-state index contributed by atoms with van der Waals surface area (Å²) in [6.45, 7) is 1.59. The quantitative estimate of drug-likeness (QED) is 0.888. The van der Waals surface area contributed by atoms with Crippen molar-refractivity contribution >= 4 is 6.03 Å². The standard InChI is InChI=1S/C19H22N2O3/c1-23-17-8-6-14(7-9-17)11-20-19(22)21-12-18-10-15-4-2-3-5-16(15)13-24-18/h2-9,18H,10-13H2,1H3,(H2,20,21,22)/t18-/m0/s1. The zero-order valence-electron chi connectivity index (χ0n) is 13.7. The molecule has 1 aliphatic rings. The summed E-state index contributed by atoms with van der Waals surface area (Å²) in [6.07, 6.45) is 0.848. The van der Waals surface area contributed by atoms with Crippen LogP contribution in [0.4, 0.5) is 4.79 Å². The van der Waals surface area contributed by atoms with Crippen molar-refractivity contribution < 1.29 is 14.3 Å². The molecule has 2 aromatic rings. The minimum atomic E-state index is -0.187. The van der Waals surface area contributed by atoms with E-state index in [0.717, 1.165) is 17.7 Å². The molecule has 5 heteroatoms. The molecule has 0 radical (unpaired) electrons. The highest BCUT2D eigenvalue weighted by Crippen LogP contribution is 2.19. The number of methoxy groups -OCH3 is 1. The molecule has 1 atom stereocenters. The fourth-order valence-corrected chi connectivity index (χ4v) is 2.74. The van der Waals surface area contributed by atoms with Crippen molar-refractivity contribution in [2.75, 3.05) is 13.7 Å². The molecule has 0 saturated heterocycles. The van der Waals surface area contributed by atoms with Crippen LogP contribution in [-0.4, -0.2) is 25.8 Å². The van der Waals surface area contributed by atoms with Crippen molar-refractivity contribution in [1.82, 2.24) is 10.6 Å². The Kier molecular flexibility index (Phi) is 5.33. The van der Waals surface area contributed by atoms with Crippen LogP contribution < -0.4 is 15.4 Å². The van der Waals surface area contributed by atoms with Crippen LogP contribution in [0.3, 0.4) is 0 Å². The van der Waals surface area contributed by atoms with Crippen LogP contribution in [0, 0.1) is 0 Å². The molecule has 0 aliphatic carbocycles. The highest BCUT2D eigenvalue weighted by atomic mass is 16.5. The lowest BCUT2D eigenvalue weighted by molar-refractivity contribution is 0.0305. The lowest BCUT2D eigenvalue weighted by Crippen LogP contribution is -2.41. The number of hydrogen-bond donors (Lipinski definition) is 2. The highest BCUT2D eigenvalue weighted by molar-refractivity contribution is 5.73. The van der Waals surface area contributed by atoms with Crippen LogP contribution in [0.1, 0.15) is 16.7 Å². The van der Waals surface area contributed by atoms with E-state index in [-0.39, 0.29) is 12.1 Å². The van der Waals surface area contributed by atoms with Crippen molar-refractivity contribution in [3.63, 3.8) is 0 Å². The Bertz CT molecular complexity index is 685. The Labute approximate surface area is 142 Å². The van der Waals surface area contributed by atoms with Crippen LogP contribution in [-0.2, 0) is 24.3 Å². The largest absolute Gasteiger partial charge is 0.497 e. The Morgan fingerprint density at radius 2 is 1.88 bits per heavy atom. The molecular formula is C19H22N2O3. The molecule has 126 valence electrons. The van der Waals surface area contributed by atoms with Gasteiger partial charge in [-0.1, -0.05) is 36.4 Å². The second-order valence-electron chi connectivity index (χ2n) is 5.82. The molecular weight excluding hydrogens is 304 g/mol. The summed E-state index contributed by atoms with van der Waals surface area (Å²) in [5.41, 5.74) is 3.56. The first kappa shape index (κ1) is 16.3. The van der Waals surface area contributed by atoms with Crippen molar-refractivity contribution in [1.29, 1.82) is 0 Å². The molecule has 2 amide bonds. The van der Waals surface area contributed by atoms with Gasteiger partial charge in [-0.15, -0.1) is 0 Å². The van der Waals surface area contributed by atoms with E-state index < -0.39 is 0 Å². The molecule has 2 N–H and O–H groups in total. The van der Waals surface area contributed by atoms with Crippen molar-refractivity contribution in [2.24, 2.45) is 0 Å². The van der Waals surface area contributed by atoms with Gasteiger partial charge in [0.2, 0.25) is 0 Å². The molecule has 0 bridgehead atoms. The van der Waals surface area contributed by atoms with E-state index in [1.165, 1.54) is 11.1 Å². The van der Waals surface area contributed by atoms with E-state index in [0.29, 0.717) is 19.7 Å². The summed E-state index contributed by atoms with van der Waals surface area (Å²) >= 11 is 0. The first-order valence-corrected chi connectivity index (χ1v) is 8.07. The third kappa shape index (κ3) is 4.26. The van der Waals surface area contributed by atoms with Crippen LogP contribution in [0.5, 0.6) is 5.75 Å². The maximum Gasteiger partial charge on any atom is 0.315 e. The molecule has 24 heavy (non-hydrogen) atoms. The Morgan fingerprint density at radius 3 is 2.62 bits per heavy atom. The summed E-state index contributed by atoms with van der Waals surface area (Å²) in [7, 11) is 1.63. The molecule has 2 aromatic carbocycles. The number of benzene rings is 2. The van der Waals surface area contributed by atoms with E-state index >= 15 is 0 Å².